The summed E-state index contributed by atoms with van der Waals surface area (Å²) in [5.41, 5.74) is -0.217. The standard InChI is InChI=1S/C15H34O2Si/c1-4-7-8-9-10-11-12-13-14-15(18,16-5-2)17-6-3/h4-14H2,1-3,18H3. The molecular formula is C15H34O2Si. The van der Waals surface area contributed by atoms with Crippen molar-refractivity contribution in [2.75, 3.05) is 13.2 Å². The number of unbranched alkanes of at least 4 members (excludes halogenated alkanes) is 7. The summed E-state index contributed by atoms with van der Waals surface area (Å²) in [5.74, 6) is 0. The van der Waals surface area contributed by atoms with Gasteiger partial charge in [0.05, 0.1) is 10.2 Å². The molecule has 2 nitrogen and oxygen atoms in total. The van der Waals surface area contributed by atoms with Gasteiger partial charge in [0, 0.05) is 13.2 Å². The van der Waals surface area contributed by atoms with Gasteiger partial charge >= 0.3 is 0 Å². The third-order valence-corrected chi connectivity index (χ3v) is 4.46. The summed E-state index contributed by atoms with van der Waals surface area (Å²) in [5, 5.41) is 0. The molecule has 0 aliphatic rings. The van der Waals surface area contributed by atoms with Crippen LogP contribution in [-0.4, -0.2) is 28.9 Å². The maximum Gasteiger partial charge on any atom is 0.141 e. The molecule has 0 fully saturated rings. The minimum Gasteiger partial charge on any atom is -0.355 e. The van der Waals surface area contributed by atoms with Crippen molar-refractivity contribution >= 4 is 10.2 Å². The fourth-order valence-electron chi connectivity index (χ4n) is 2.38. The predicted octanol–water partition coefficient (Wildman–Crippen LogP) is 3.61. The lowest BCUT2D eigenvalue weighted by Gasteiger charge is -2.29. The molecule has 0 atom stereocenters. The SMILES string of the molecule is CCCCCCCCCCC([SiH3])(OCC)OCC. The zero-order valence-electron chi connectivity index (χ0n) is 13.1. The Hall–Kier alpha value is 0.137. The molecule has 0 bridgehead atoms. The summed E-state index contributed by atoms with van der Waals surface area (Å²) in [6.45, 7) is 7.91. The molecule has 0 unspecified atom stereocenters. The summed E-state index contributed by atoms with van der Waals surface area (Å²) < 4.78 is 11.5. The first-order valence-corrected chi connectivity index (χ1v) is 8.96. The fraction of sp³-hybridized carbons (Fsp3) is 1.00. The minimum absolute atomic E-state index is 0.217. The van der Waals surface area contributed by atoms with Crippen molar-refractivity contribution in [2.24, 2.45) is 0 Å². The lowest BCUT2D eigenvalue weighted by atomic mass is 10.1. The van der Waals surface area contributed by atoms with E-state index in [0.717, 1.165) is 29.9 Å². The van der Waals surface area contributed by atoms with Crippen molar-refractivity contribution in [2.45, 2.75) is 84.0 Å². The van der Waals surface area contributed by atoms with Crippen LogP contribution in [0.4, 0.5) is 0 Å². The summed E-state index contributed by atoms with van der Waals surface area (Å²) in [6, 6.07) is 0. The van der Waals surface area contributed by atoms with Crippen molar-refractivity contribution in [3.63, 3.8) is 0 Å². The highest BCUT2D eigenvalue weighted by Crippen LogP contribution is 2.19. The summed E-state index contributed by atoms with van der Waals surface area (Å²) in [7, 11) is 0.964. The van der Waals surface area contributed by atoms with Crippen LogP contribution in [0.1, 0.15) is 78.6 Å². The molecule has 0 spiro atoms. The van der Waals surface area contributed by atoms with Gasteiger partial charge in [-0.2, -0.15) is 0 Å². The number of rotatable bonds is 13. The monoisotopic (exact) mass is 274 g/mol. The second kappa shape index (κ2) is 12.2. The van der Waals surface area contributed by atoms with E-state index in [1.54, 1.807) is 0 Å². The molecule has 18 heavy (non-hydrogen) atoms. The van der Waals surface area contributed by atoms with Gasteiger partial charge in [-0.15, -0.1) is 0 Å². The van der Waals surface area contributed by atoms with E-state index < -0.39 is 0 Å². The third kappa shape index (κ3) is 10.1. The average Bonchev–Trinajstić information content (AvgIpc) is 2.33. The van der Waals surface area contributed by atoms with Crippen molar-refractivity contribution in [1.82, 2.24) is 0 Å². The smallest absolute Gasteiger partial charge is 0.141 e. The highest BCUT2D eigenvalue weighted by atomic mass is 28.1. The summed E-state index contributed by atoms with van der Waals surface area (Å²) >= 11 is 0. The van der Waals surface area contributed by atoms with E-state index in [-0.39, 0.29) is 5.41 Å². The zero-order valence-corrected chi connectivity index (χ0v) is 15.1. The van der Waals surface area contributed by atoms with Crippen LogP contribution in [0.3, 0.4) is 0 Å². The Balaban J connectivity index is 3.49. The number of hydrogen-bond acceptors (Lipinski definition) is 2. The Labute approximate surface area is 117 Å². The molecule has 0 aromatic carbocycles. The lowest BCUT2D eigenvalue weighted by Crippen LogP contribution is -2.36. The van der Waals surface area contributed by atoms with Crippen molar-refractivity contribution in [1.29, 1.82) is 0 Å². The fourth-order valence-corrected chi connectivity index (χ4v) is 3.31. The molecule has 0 radical (unpaired) electrons. The topological polar surface area (TPSA) is 18.5 Å². The summed E-state index contributed by atoms with van der Waals surface area (Å²) in [6.07, 6.45) is 12.0. The largest absolute Gasteiger partial charge is 0.355 e. The maximum absolute atomic E-state index is 5.77. The van der Waals surface area contributed by atoms with E-state index in [2.05, 4.69) is 20.8 Å². The van der Waals surface area contributed by atoms with Crippen LogP contribution < -0.4 is 0 Å². The first kappa shape index (κ1) is 18.1. The van der Waals surface area contributed by atoms with Crippen molar-refractivity contribution in [3.05, 3.63) is 0 Å². The Kier molecular flexibility index (Phi) is 12.3. The molecule has 0 saturated carbocycles. The van der Waals surface area contributed by atoms with Crippen LogP contribution in [0.5, 0.6) is 0 Å². The number of hydrogen-bond donors (Lipinski definition) is 0. The Bertz CT molecular complexity index is 168. The highest BCUT2D eigenvalue weighted by Gasteiger charge is 2.23. The molecule has 0 heterocycles. The second-order valence-corrected chi connectivity index (χ2v) is 6.75. The highest BCUT2D eigenvalue weighted by molar-refractivity contribution is 6.13. The molecular weight excluding hydrogens is 240 g/mol. The zero-order chi connectivity index (χ0) is 13.7. The van der Waals surface area contributed by atoms with Gasteiger partial charge < -0.3 is 9.47 Å². The predicted molar refractivity (Wildman–Crippen MR) is 83.1 cm³/mol. The van der Waals surface area contributed by atoms with E-state index in [0.29, 0.717) is 0 Å². The Morgan fingerprint density at radius 2 is 1.17 bits per heavy atom. The minimum atomic E-state index is -0.217. The first-order chi connectivity index (χ1) is 8.68. The molecule has 0 aromatic heterocycles. The van der Waals surface area contributed by atoms with Gasteiger partial charge in [0.25, 0.3) is 0 Å². The molecule has 110 valence electrons. The molecule has 0 amide bonds. The van der Waals surface area contributed by atoms with E-state index in [4.69, 9.17) is 9.47 Å². The Morgan fingerprint density at radius 3 is 1.61 bits per heavy atom. The average molecular weight is 275 g/mol. The maximum atomic E-state index is 5.77. The van der Waals surface area contributed by atoms with Gasteiger partial charge in [-0.1, -0.05) is 51.9 Å². The van der Waals surface area contributed by atoms with Gasteiger partial charge in [-0.05, 0) is 26.7 Å². The van der Waals surface area contributed by atoms with Crippen LogP contribution in [0.2, 0.25) is 0 Å². The van der Waals surface area contributed by atoms with E-state index >= 15 is 0 Å². The van der Waals surface area contributed by atoms with Gasteiger partial charge in [0.15, 0.2) is 0 Å². The molecule has 0 rings (SSSR count). The Morgan fingerprint density at radius 1 is 0.722 bits per heavy atom. The third-order valence-electron chi connectivity index (χ3n) is 3.38. The van der Waals surface area contributed by atoms with Gasteiger partial charge in [0.2, 0.25) is 0 Å². The number of ether oxygens (including phenoxy) is 2. The van der Waals surface area contributed by atoms with E-state index in [1.807, 2.05) is 0 Å². The quantitative estimate of drug-likeness (QED) is 0.290. The second-order valence-electron chi connectivity index (χ2n) is 5.22. The molecule has 0 aromatic rings. The molecule has 3 heteroatoms. The molecule has 0 N–H and O–H groups in total. The van der Waals surface area contributed by atoms with E-state index in [9.17, 15) is 0 Å². The van der Waals surface area contributed by atoms with E-state index in [1.165, 1.54) is 51.4 Å². The van der Waals surface area contributed by atoms with Crippen LogP contribution in [0.15, 0.2) is 0 Å². The van der Waals surface area contributed by atoms with Crippen LogP contribution >= 0.6 is 0 Å². The van der Waals surface area contributed by atoms with Crippen LogP contribution in [0.25, 0.3) is 0 Å². The first-order valence-electron chi connectivity index (χ1n) is 7.96. The summed E-state index contributed by atoms with van der Waals surface area (Å²) in [4.78, 5) is 0. The normalized spacial score (nSPS) is 12.2. The van der Waals surface area contributed by atoms with Crippen molar-refractivity contribution < 1.29 is 9.47 Å². The van der Waals surface area contributed by atoms with Crippen LogP contribution in [-0.2, 0) is 9.47 Å². The van der Waals surface area contributed by atoms with Gasteiger partial charge in [0.1, 0.15) is 5.41 Å². The van der Waals surface area contributed by atoms with Gasteiger partial charge in [-0.25, -0.2) is 0 Å². The lowest BCUT2D eigenvalue weighted by molar-refractivity contribution is -0.177. The molecule has 0 aliphatic heterocycles. The van der Waals surface area contributed by atoms with Crippen molar-refractivity contribution in [3.8, 4) is 0 Å². The molecule has 0 saturated heterocycles. The van der Waals surface area contributed by atoms with Gasteiger partial charge in [-0.3, -0.25) is 0 Å². The molecule has 0 aliphatic carbocycles. The van der Waals surface area contributed by atoms with Crippen LogP contribution in [0, 0.1) is 0 Å².